The van der Waals surface area contributed by atoms with E-state index < -0.39 is 0 Å². The summed E-state index contributed by atoms with van der Waals surface area (Å²) in [6.45, 7) is 4.31. The minimum Gasteiger partial charge on any atom is -0.481 e. The summed E-state index contributed by atoms with van der Waals surface area (Å²) >= 11 is 0. The third-order valence-corrected chi connectivity index (χ3v) is 2.24. The highest BCUT2D eigenvalue weighted by atomic mass is 16.5. The van der Waals surface area contributed by atoms with Crippen molar-refractivity contribution in [1.29, 1.82) is 0 Å². The smallest absolute Gasteiger partial charge is 0.149 e. The van der Waals surface area contributed by atoms with E-state index in [9.17, 15) is 0 Å². The second kappa shape index (κ2) is 6.10. The van der Waals surface area contributed by atoms with Gasteiger partial charge in [0, 0.05) is 6.04 Å². The number of ether oxygens (including phenoxy) is 1. The maximum absolute atomic E-state index is 5.90. The molecule has 1 rings (SSSR count). The summed E-state index contributed by atoms with van der Waals surface area (Å²) in [6, 6.07) is 7.99. The topological polar surface area (TPSA) is 35.2 Å². The second-order valence-corrected chi connectivity index (χ2v) is 3.30. The first-order valence-corrected chi connectivity index (χ1v) is 5.16. The van der Waals surface area contributed by atoms with Gasteiger partial charge in [-0.25, -0.2) is 0 Å². The van der Waals surface area contributed by atoms with Crippen LogP contribution in [0.5, 0.6) is 5.75 Å². The Hall–Kier alpha value is -1.46. The van der Waals surface area contributed by atoms with Crippen molar-refractivity contribution in [3.8, 4) is 17.6 Å². The van der Waals surface area contributed by atoms with Crippen molar-refractivity contribution in [2.24, 2.45) is 5.73 Å². The average Bonchev–Trinajstić information content (AvgIpc) is 2.29. The van der Waals surface area contributed by atoms with E-state index >= 15 is 0 Å². The van der Waals surface area contributed by atoms with Gasteiger partial charge in [-0.3, -0.25) is 0 Å². The lowest BCUT2D eigenvalue weighted by Gasteiger charge is -2.09. The fourth-order valence-electron chi connectivity index (χ4n) is 1.24. The summed E-state index contributed by atoms with van der Waals surface area (Å²) in [7, 11) is 0. The molecule has 0 saturated carbocycles. The van der Waals surface area contributed by atoms with Crippen LogP contribution in [-0.2, 0) is 0 Å². The van der Waals surface area contributed by atoms with Gasteiger partial charge in [-0.05, 0) is 31.0 Å². The summed E-state index contributed by atoms with van der Waals surface area (Å²) in [4.78, 5) is 0. The Morgan fingerprint density at radius 2 is 2.00 bits per heavy atom. The molecule has 0 saturated heterocycles. The molecule has 0 radical (unpaired) electrons. The van der Waals surface area contributed by atoms with Crippen LogP contribution in [0.1, 0.15) is 31.9 Å². The van der Waals surface area contributed by atoms with Gasteiger partial charge in [0.15, 0.2) is 0 Å². The van der Waals surface area contributed by atoms with Crippen molar-refractivity contribution in [3.63, 3.8) is 0 Å². The molecule has 1 aromatic carbocycles. The zero-order valence-electron chi connectivity index (χ0n) is 9.29. The van der Waals surface area contributed by atoms with Gasteiger partial charge in [-0.1, -0.05) is 25.0 Å². The number of hydrogen-bond donors (Lipinski definition) is 1. The Balaban J connectivity index is 2.58. The quantitative estimate of drug-likeness (QED) is 0.763. The lowest BCUT2D eigenvalue weighted by atomic mass is 10.1. The molecule has 80 valence electrons. The Morgan fingerprint density at radius 1 is 1.33 bits per heavy atom. The third kappa shape index (κ3) is 3.65. The number of nitrogens with two attached hydrogens (primary N) is 1. The molecule has 0 unspecified atom stereocenters. The first-order chi connectivity index (χ1) is 7.27. The van der Waals surface area contributed by atoms with Crippen LogP contribution in [0.25, 0.3) is 0 Å². The summed E-state index contributed by atoms with van der Waals surface area (Å²) in [5.74, 6) is 6.47. The third-order valence-electron chi connectivity index (χ3n) is 2.24. The van der Waals surface area contributed by atoms with E-state index in [0.717, 1.165) is 17.7 Å². The van der Waals surface area contributed by atoms with Crippen LogP contribution in [-0.4, -0.2) is 6.61 Å². The fourth-order valence-corrected chi connectivity index (χ4v) is 1.24. The van der Waals surface area contributed by atoms with Crippen molar-refractivity contribution in [2.75, 3.05) is 6.61 Å². The van der Waals surface area contributed by atoms with Crippen LogP contribution in [0.2, 0.25) is 0 Å². The van der Waals surface area contributed by atoms with Crippen molar-refractivity contribution >= 4 is 0 Å². The SMILES string of the molecule is CC#CCOc1ccc([C@H](N)CC)cc1. The van der Waals surface area contributed by atoms with Gasteiger partial charge >= 0.3 is 0 Å². The van der Waals surface area contributed by atoms with Crippen molar-refractivity contribution in [1.82, 2.24) is 0 Å². The van der Waals surface area contributed by atoms with E-state index in [-0.39, 0.29) is 6.04 Å². The Bertz CT molecular complexity index is 345. The lowest BCUT2D eigenvalue weighted by molar-refractivity contribution is 0.370. The van der Waals surface area contributed by atoms with E-state index in [1.165, 1.54) is 0 Å². The number of hydrogen-bond acceptors (Lipinski definition) is 2. The molecule has 0 fully saturated rings. The van der Waals surface area contributed by atoms with Gasteiger partial charge in [0.1, 0.15) is 12.4 Å². The Kier molecular flexibility index (Phi) is 4.73. The highest BCUT2D eigenvalue weighted by molar-refractivity contribution is 5.29. The van der Waals surface area contributed by atoms with Gasteiger partial charge in [-0.15, -0.1) is 5.92 Å². The molecule has 0 amide bonds. The highest BCUT2D eigenvalue weighted by Gasteiger charge is 2.02. The molecular weight excluding hydrogens is 186 g/mol. The van der Waals surface area contributed by atoms with Gasteiger partial charge in [0.05, 0.1) is 0 Å². The molecule has 0 aliphatic carbocycles. The molecule has 0 heterocycles. The summed E-state index contributed by atoms with van der Waals surface area (Å²) in [5, 5.41) is 0. The zero-order valence-corrected chi connectivity index (χ0v) is 9.29. The normalized spacial score (nSPS) is 11.4. The van der Waals surface area contributed by atoms with E-state index in [1.54, 1.807) is 6.92 Å². The number of rotatable bonds is 4. The summed E-state index contributed by atoms with van der Waals surface area (Å²) < 4.78 is 5.40. The molecule has 0 bridgehead atoms. The average molecular weight is 203 g/mol. The minimum absolute atomic E-state index is 0.120. The number of benzene rings is 1. The maximum Gasteiger partial charge on any atom is 0.149 e. The first kappa shape index (κ1) is 11.6. The van der Waals surface area contributed by atoms with Crippen molar-refractivity contribution in [3.05, 3.63) is 29.8 Å². The highest BCUT2D eigenvalue weighted by Crippen LogP contribution is 2.17. The molecule has 0 aromatic heterocycles. The predicted octanol–water partition coefficient (Wildman–Crippen LogP) is 2.50. The molecule has 0 aliphatic rings. The maximum atomic E-state index is 5.90. The van der Waals surface area contributed by atoms with Crippen LogP contribution in [0.3, 0.4) is 0 Å². The zero-order chi connectivity index (χ0) is 11.1. The van der Waals surface area contributed by atoms with Gasteiger partial charge in [0.2, 0.25) is 0 Å². The standard InChI is InChI=1S/C13H17NO/c1-3-5-10-15-12-8-6-11(7-9-12)13(14)4-2/h6-9,13H,4,10,14H2,1-2H3/t13-/m1/s1. The Morgan fingerprint density at radius 3 is 2.53 bits per heavy atom. The molecule has 1 aromatic rings. The Labute approximate surface area is 91.4 Å². The molecule has 2 nitrogen and oxygen atoms in total. The van der Waals surface area contributed by atoms with Crippen LogP contribution in [0, 0.1) is 11.8 Å². The second-order valence-electron chi connectivity index (χ2n) is 3.30. The molecule has 0 aliphatic heterocycles. The van der Waals surface area contributed by atoms with E-state index in [2.05, 4.69) is 18.8 Å². The fraction of sp³-hybridized carbons (Fsp3) is 0.385. The first-order valence-electron chi connectivity index (χ1n) is 5.16. The van der Waals surface area contributed by atoms with Gasteiger partial charge in [-0.2, -0.15) is 0 Å². The van der Waals surface area contributed by atoms with Crippen LogP contribution < -0.4 is 10.5 Å². The molecule has 1 atom stereocenters. The van der Waals surface area contributed by atoms with E-state index in [0.29, 0.717) is 6.61 Å². The van der Waals surface area contributed by atoms with Crippen molar-refractivity contribution in [2.45, 2.75) is 26.3 Å². The molecular formula is C13H17NO. The van der Waals surface area contributed by atoms with Gasteiger partial charge in [0.25, 0.3) is 0 Å². The predicted molar refractivity (Wildman–Crippen MR) is 62.6 cm³/mol. The molecule has 15 heavy (non-hydrogen) atoms. The van der Waals surface area contributed by atoms with Gasteiger partial charge < -0.3 is 10.5 Å². The minimum atomic E-state index is 0.120. The van der Waals surface area contributed by atoms with Crippen LogP contribution in [0.15, 0.2) is 24.3 Å². The lowest BCUT2D eigenvalue weighted by Crippen LogP contribution is -2.08. The van der Waals surface area contributed by atoms with Crippen LogP contribution >= 0.6 is 0 Å². The molecule has 0 spiro atoms. The largest absolute Gasteiger partial charge is 0.481 e. The molecule has 2 N–H and O–H groups in total. The van der Waals surface area contributed by atoms with E-state index in [1.807, 2.05) is 24.3 Å². The summed E-state index contributed by atoms with van der Waals surface area (Å²) in [5.41, 5.74) is 7.05. The summed E-state index contributed by atoms with van der Waals surface area (Å²) in [6.07, 6.45) is 0.946. The molecule has 2 heteroatoms. The van der Waals surface area contributed by atoms with Crippen molar-refractivity contribution < 1.29 is 4.74 Å². The monoisotopic (exact) mass is 203 g/mol. The van der Waals surface area contributed by atoms with E-state index in [4.69, 9.17) is 10.5 Å². The van der Waals surface area contributed by atoms with Crippen LogP contribution in [0.4, 0.5) is 0 Å².